The number of carbonyl (C=O) groups excluding carboxylic acids is 1. The zero-order valence-corrected chi connectivity index (χ0v) is 7.34. The average Bonchev–Trinajstić information content (AvgIpc) is 2.09. The molecule has 0 unspecified atom stereocenters. The van der Waals surface area contributed by atoms with E-state index in [0.29, 0.717) is 5.57 Å². The maximum absolute atomic E-state index is 11.5. The van der Waals surface area contributed by atoms with Crippen molar-refractivity contribution in [3.63, 3.8) is 0 Å². The zero-order valence-electron chi connectivity index (χ0n) is 7.34. The van der Waals surface area contributed by atoms with Crippen molar-refractivity contribution in [3.05, 3.63) is 36.5 Å². The average molecular weight is 163 g/mol. The highest BCUT2D eigenvalue weighted by molar-refractivity contribution is 5.98. The van der Waals surface area contributed by atoms with Crippen LogP contribution in [0.2, 0.25) is 0 Å². The predicted octanol–water partition coefficient (Wildman–Crippen LogP) is 1.52. The fraction of sp³-hybridized carbons (Fsp3) is 0.300. The third-order valence-electron chi connectivity index (χ3n) is 2.09. The highest BCUT2D eigenvalue weighted by Gasteiger charge is 2.20. The summed E-state index contributed by atoms with van der Waals surface area (Å²) in [7, 11) is 1.80. The molecule has 1 aliphatic heterocycles. The van der Waals surface area contributed by atoms with Crippen molar-refractivity contribution in [2.45, 2.75) is 6.42 Å². The van der Waals surface area contributed by atoms with E-state index < -0.39 is 0 Å². The van der Waals surface area contributed by atoms with Crippen LogP contribution in [0.3, 0.4) is 0 Å². The van der Waals surface area contributed by atoms with Crippen LogP contribution in [0.15, 0.2) is 36.5 Å². The lowest BCUT2D eigenvalue weighted by Crippen LogP contribution is -2.33. The Hall–Kier alpha value is -1.31. The Balaban J connectivity index is 3.07. The zero-order chi connectivity index (χ0) is 9.14. The van der Waals surface area contributed by atoms with Crippen molar-refractivity contribution < 1.29 is 4.79 Å². The molecule has 1 amide bonds. The molecular formula is C10H13NO. The van der Waals surface area contributed by atoms with E-state index in [-0.39, 0.29) is 5.91 Å². The summed E-state index contributed by atoms with van der Waals surface area (Å²) in [5.41, 5.74) is 1.70. The van der Waals surface area contributed by atoms with Gasteiger partial charge in [0, 0.05) is 19.2 Å². The van der Waals surface area contributed by atoms with E-state index in [1.54, 1.807) is 24.1 Å². The van der Waals surface area contributed by atoms with Crippen LogP contribution in [0, 0.1) is 0 Å². The standard InChI is InChI=1S/C10H13NO/c1-4-8-6-7-11(3)10(12)9(8)5-2/h4-5H,1-2,6-7H2,3H3. The van der Waals surface area contributed by atoms with Crippen LogP contribution in [0.1, 0.15) is 6.42 Å². The van der Waals surface area contributed by atoms with Crippen LogP contribution in [-0.2, 0) is 4.79 Å². The second kappa shape index (κ2) is 3.39. The highest BCUT2D eigenvalue weighted by atomic mass is 16.2. The first-order chi connectivity index (χ1) is 5.70. The van der Waals surface area contributed by atoms with Crippen LogP contribution in [0.4, 0.5) is 0 Å². The van der Waals surface area contributed by atoms with E-state index in [4.69, 9.17) is 0 Å². The van der Waals surface area contributed by atoms with Gasteiger partial charge in [-0.3, -0.25) is 4.79 Å². The second-order valence-electron chi connectivity index (χ2n) is 2.82. The van der Waals surface area contributed by atoms with Gasteiger partial charge in [0.25, 0.3) is 5.91 Å². The molecule has 0 saturated heterocycles. The SMILES string of the molecule is C=CC1=C(C=C)C(=O)N(C)CC1. The molecule has 0 N–H and O–H groups in total. The van der Waals surface area contributed by atoms with E-state index in [9.17, 15) is 4.79 Å². The van der Waals surface area contributed by atoms with Crippen LogP contribution >= 0.6 is 0 Å². The number of likely N-dealkylation sites (N-methyl/N-ethyl adjacent to an activating group) is 1. The largest absolute Gasteiger partial charge is 0.341 e. The summed E-state index contributed by atoms with van der Waals surface area (Å²) in [4.78, 5) is 13.2. The first kappa shape index (κ1) is 8.78. The summed E-state index contributed by atoms with van der Waals surface area (Å²) in [6, 6.07) is 0. The third kappa shape index (κ3) is 1.33. The lowest BCUT2D eigenvalue weighted by molar-refractivity contribution is -0.126. The van der Waals surface area contributed by atoms with Gasteiger partial charge in [-0.05, 0) is 12.0 Å². The minimum atomic E-state index is 0.0474. The number of rotatable bonds is 2. The van der Waals surface area contributed by atoms with Gasteiger partial charge < -0.3 is 4.90 Å². The van der Waals surface area contributed by atoms with Gasteiger partial charge in [-0.2, -0.15) is 0 Å². The van der Waals surface area contributed by atoms with E-state index >= 15 is 0 Å². The molecule has 2 nitrogen and oxygen atoms in total. The quantitative estimate of drug-likeness (QED) is 0.604. The Bertz CT molecular complexity index is 263. The van der Waals surface area contributed by atoms with E-state index in [2.05, 4.69) is 13.2 Å². The van der Waals surface area contributed by atoms with Crippen molar-refractivity contribution >= 4 is 5.91 Å². The molecule has 0 aromatic carbocycles. The van der Waals surface area contributed by atoms with Crippen LogP contribution in [-0.4, -0.2) is 24.4 Å². The molecule has 1 rings (SSSR count). The molecule has 0 atom stereocenters. The van der Waals surface area contributed by atoms with Crippen molar-refractivity contribution in [3.8, 4) is 0 Å². The smallest absolute Gasteiger partial charge is 0.253 e. The molecule has 1 aliphatic rings. The number of hydrogen-bond donors (Lipinski definition) is 0. The lowest BCUT2D eigenvalue weighted by atomic mass is 10.00. The molecule has 2 heteroatoms. The molecule has 1 heterocycles. The molecule has 0 fully saturated rings. The second-order valence-corrected chi connectivity index (χ2v) is 2.82. The Morgan fingerprint density at radius 1 is 1.42 bits per heavy atom. The maximum Gasteiger partial charge on any atom is 0.253 e. The molecular weight excluding hydrogens is 150 g/mol. The molecule has 0 radical (unpaired) electrons. The highest BCUT2D eigenvalue weighted by Crippen LogP contribution is 2.19. The Morgan fingerprint density at radius 3 is 2.58 bits per heavy atom. The number of carbonyl (C=O) groups is 1. The van der Waals surface area contributed by atoms with Crippen LogP contribution in [0.5, 0.6) is 0 Å². The normalized spacial score (nSPS) is 18.1. The fourth-order valence-corrected chi connectivity index (χ4v) is 1.30. The Morgan fingerprint density at radius 2 is 2.08 bits per heavy atom. The Labute approximate surface area is 72.9 Å². The molecule has 0 aromatic rings. The van der Waals surface area contributed by atoms with Gasteiger partial charge in [0.2, 0.25) is 0 Å². The molecule has 0 aromatic heterocycles. The van der Waals surface area contributed by atoms with Crippen molar-refractivity contribution in [2.24, 2.45) is 0 Å². The summed E-state index contributed by atoms with van der Waals surface area (Å²) in [6.45, 7) is 8.06. The predicted molar refractivity (Wildman–Crippen MR) is 49.7 cm³/mol. The van der Waals surface area contributed by atoms with Crippen LogP contribution in [0.25, 0.3) is 0 Å². The summed E-state index contributed by atoms with van der Waals surface area (Å²) in [5, 5.41) is 0. The topological polar surface area (TPSA) is 20.3 Å². The molecule has 0 bridgehead atoms. The number of hydrogen-bond acceptors (Lipinski definition) is 1. The molecule has 0 aliphatic carbocycles. The van der Waals surface area contributed by atoms with Gasteiger partial charge in [-0.1, -0.05) is 25.3 Å². The van der Waals surface area contributed by atoms with Gasteiger partial charge in [0.05, 0.1) is 0 Å². The van der Waals surface area contributed by atoms with Gasteiger partial charge in [0.15, 0.2) is 0 Å². The van der Waals surface area contributed by atoms with Gasteiger partial charge >= 0.3 is 0 Å². The minimum absolute atomic E-state index is 0.0474. The van der Waals surface area contributed by atoms with E-state index in [1.165, 1.54) is 0 Å². The van der Waals surface area contributed by atoms with E-state index in [0.717, 1.165) is 18.5 Å². The van der Waals surface area contributed by atoms with Crippen LogP contribution < -0.4 is 0 Å². The Kier molecular flexibility index (Phi) is 2.48. The molecule has 0 spiro atoms. The summed E-state index contributed by atoms with van der Waals surface area (Å²) < 4.78 is 0. The summed E-state index contributed by atoms with van der Waals surface area (Å²) in [6.07, 6.45) is 4.23. The lowest BCUT2D eigenvalue weighted by Gasteiger charge is -2.24. The fourth-order valence-electron chi connectivity index (χ4n) is 1.30. The van der Waals surface area contributed by atoms with E-state index in [1.807, 2.05) is 0 Å². The molecule has 64 valence electrons. The number of amides is 1. The summed E-state index contributed by atoms with van der Waals surface area (Å²) in [5.74, 6) is 0.0474. The van der Waals surface area contributed by atoms with Crippen molar-refractivity contribution in [1.82, 2.24) is 4.90 Å². The number of allylic oxidation sites excluding steroid dienone is 1. The van der Waals surface area contributed by atoms with Gasteiger partial charge in [-0.15, -0.1) is 0 Å². The van der Waals surface area contributed by atoms with Crippen molar-refractivity contribution in [2.75, 3.05) is 13.6 Å². The first-order valence-electron chi connectivity index (χ1n) is 3.94. The maximum atomic E-state index is 11.5. The van der Waals surface area contributed by atoms with Crippen molar-refractivity contribution in [1.29, 1.82) is 0 Å². The molecule has 12 heavy (non-hydrogen) atoms. The van der Waals surface area contributed by atoms with Gasteiger partial charge in [-0.25, -0.2) is 0 Å². The summed E-state index contributed by atoms with van der Waals surface area (Å²) >= 11 is 0. The minimum Gasteiger partial charge on any atom is -0.341 e. The van der Waals surface area contributed by atoms with Gasteiger partial charge in [0.1, 0.15) is 0 Å². The molecule has 0 saturated carbocycles. The monoisotopic (exact) mass is 163 g/mol. The third-order valence-corrected chi connectivity index (χ3v) is 2.09. The number of nitrogens with zero attached hydrogens (tertiary/aromatic N) is 1. The first-order valence-corrected chi connectivity index (χ1v) is 3.94.